The van der Waals surface area contributed by atoms with E-state index in [0.717, 1.165) is 13.1 Å². The molecular weight excluding hydrogens is 324 g/mol. The van der Waals surface area contributed by atoms with Gasteiger partial charge >= 0.3 is 0 Å². The molecule has 3 N–H and O–H groups in total. The molecular formula is C18H40N2O3S. The Morgan fingerprint density at radius 2 is 1.38 bits per heavy atom. The molecule has 1 unspecified atom stereocenters. The van der Waals surface area contributed by atoms with Crippen molar-refractivity contribution >= 4 is 10.1 Å². The van der Waals surface area contributed by atoms with Crippen LogP contribution in [0.4, 0.5) is 0 Å². The van der Waals surface area contributed by atoms with E-state index >= 15 is 0 Å². The van der Waals surface area contributed by atoms with Crippen molar-refractivity contribution in [2.75, 3.05) is 25.4 Å². The van der Waals surface area contributed by atoms with Crippen molar-refractivity contribution in [3.05, 3.63) is 0 Å². The van der Waals surface area contributed by atoms with Crippen molar-refractivity contribution in [1.29, 1.82) is 0 Å². The van der Waals surface area contributed by atoms with Gasteiger partial charge in [-0.3, -0.25) is 4.55 Å². The maximum absolute atomic E-state index is 10.6. The number of nitrogens with one attached hydrogen (secondary N) is 2. The standard InChI is InChI=1S/C18H40N2O3S/c1-3-5-7-8-10-13-18(12-9-6-4-2)20-16-15-19-14-11-17-24(21,22)23/h18-20H,3-17H2,1-2H3,(H,21,22,23). The first-order valence-corrected chi connectivity index (χ1v) is 11.5. The summed E-state index contributed by atoms with van der Waals surface area (Å²) in [6, 6.07) is 0.609. The lowest BCUT2D eigenvalue weighted by Crippen LogP contribution is -2.35. The molecule has 0 radical (unpaired) electrons. The average molecular weight is 365 g/mol. The van der Waals surface area contributed by atoms with E-state index in [1.54, 1.807) is 0 Å². The quantitative estimate of drug-likeness (QED) is 0.255. The molecule has 6 heteroatoms. The second-order valence-corrected chi connectivity index (χ2v) is 8.31. The van der Waals surface area contributed by atoms with Crippen LogP contribution in [0, 0.1) is 0 Å². The van der Waals surface area contributed by atoms with Crippen LogP contribution in [0.15, 0.2) is 0 Å². The molecule has 0 aliphatic rings. The Morgan fingerprint density at radius 1 is 0.792 bits per heavy atom. The predicted octanol–water partition coefficient (Wildman–Crippen LogP) is 3.75. The fourth-order valence-corrected chi connectivity index (χ4v) is 3.36. The zero-order chi connectivity index (χ0) is 18.1. The minimum Gasteiger partial charge on any atom is -0.315 e. The summed E-state index contributed by atoms with van der Waals surface area (Å²) in [5.74, 6) is -0.162. The van der Waals surface area contributed by atoms with E-state index in [-0.39, 0.29) is 5.75 Å². The maximum atomic E-state index is 10.6. The van der Waals surface area contributed by atoms with Crippen LogP contribution >= 0.6 is 0 Å². The molecule has 24 heavy (non-hydrogen) atoms. The molecule has 0 saturated heterocycles. The molecule has 0 aromatic heterocycles. The van der Waals surface area contributed by atoms with E-state index in [2.05, 4.69) is 24.5 Å². The van der Waals surface area contributed by atoms with Gasteiger partial charge in [0.05, 0.1) is 5.75 Å². The summed E-state index contributed by atoms with van der Waals surface area (Å²) >= 11 is 0. The SMILES string of the molecule is CCCCCCCC(CCCCC)NCCNCCCS(=O)(=O)O. The highest BCUT2D eigenvalue weighted by molar-refractivity contribution is 7.85. The monoisotopic (exact) mass is 364 g/mol. The van der Waals surface area contributed by atoms with Gasteiger partial charge in [0.25, 0.3) is 10.1 Å². The minimum atomic E-state index is -3.82. The fraction of sp³-hybridized carbons (Fsp3) is 1.00. The van der Waals surface area contributed by atoms with Crippen molar-refractivity contribution in [1.82, 2.24) is 10.6 Å². The van der Waals surface area contributed by atoms with Crippen LogP contribution in [0.3, 0.4) is 0 Å². The van der Waals surface area contributed by atoms with Gasteiger partial charge in [-0.2, -0.15) is 8.42 Å². The predicted molar refractivity (Wildman–Crippen MR) is 103 cm³/mol. The smallest absolute Gasteiger partial charge is 0.264 e. The van der Waals surface area contributed by atoms with Crippen molar-refractivity contribution in [3.8, 4) is 0 Å². The third-order valence-corrected chi connectivity index (χ3v) is 5.11. The van der Waals surface area contributed by atoms with Crippen molar-refractivity contribution in [2.45, 2.75) is 90.5 Å². The second kappa shape index (κ2) is 16.3. The normalized spacial score (nSPS) is 13.3. The molecule has 0 aliphatic heterocycles. The van der Waals surface area contributed by atoms with Crippen LogP contribution in [-0.4, -0.2) is 44.4 Å². The van der Waals surface area contributed by atoms with Crippen LogP contribution in [0.1, 0.15) is 84.5 Å². The van der Waals surface area contributed by atoms with Gasteiger partial charge in [0.1, 0.15) is 0 Å². The van der Waals surface area contributed by atoms with Gasteiger partial charge in [0.15, 0.2) is 0 Å². The van der Waals surface area contributed by atoms with Crippen LogP contribution < -0.4 is 10.6 Å². The third kappa shape index (κ3) is 18.2. The summed E-state index contributed by atoms with van der Waals surface area (Å²) < 4.78 is 29.9. The zero-order valence-electron chi connectivity index (χ0n) is 15.9. The first kappa shape index (κ1) is 23.8. The second-order valence-electron chi connectivity index (χ2n) is 6.74. The molecule has 5 nitrogen and oxygen atoms in total. The summed E-state index contributed by atoms with van der Waals surface area (Å²) in [6.45, 7) is 6.87. The lowest BCUT2D eigenvalue weighted by Gasteiger charge is -2.19. The van der Waals surface area contributed by atoms with E-state index in [4.69, 9.17) is 4.55 Å². The van der Waals surface area contributed by atoms with E-state index in [0.29, 0.717) is 19.0 Å². The summed E-state index contributed by atoms with van der Waals surface area (Å²) in [4.78, 5) is 0. The van der Waals surface area contributed by atoms with Crippen molar-refractivity contribution in [2.24, 2.45) is 0 Å². The van der Waals surface area contributed by atoms with Crippen molar-refractivity contribution in [3.63, 3.8) is 0 Å². The third-order valence-electron chi connectivity index (χ3n) is 4.30. The first-order valence-electron chi connectivity index (χ1n) is 9.88. The Hall–Kier alpha value is -0.170. The van der Waals surface area contributed by atoms with E-state index in [1.807, 2.05) is 0 Å². The maximum Gasteiger partial charge on any atom is 0.264 e. The fourth-order valence-electron chi connectivity index (χ4n) is 2.85. The molecule has 0 saturated carbocycles. The molecule has 0 aliphatic carbocycles. The average Bonchev–Trinajstić information content (AvgIpc) is 2.52. The number of unbranched alkanes of at least 4 members (excludes halogenated alkanes) is 6. The van der Waals surface area contributed by atoms with Gasteiger partial charge in [-0.15, -0.1) is 0 Å². The van der Waals surface area contributed by atoms with Gasteiger partial charge in [-0.25, -0.2) is 0 Å². The lowest BCUT2D eigenvalue weighted by molar-refractivity contribution is 0.413. The number of hydrogen-bond donors (Lipinski definition) is 3. The van der Waals surface area contributed by atoms with E-state index in [1.165, 1.54) is 64.2 Å². The Bertz CT molecular complexity index is 361. The van der Waals surface area contributed by atoms with Gasteiger partial charge in [0.2, 0.25) is 0 Å². The lowest BCUT2D eigenvalue weighted by atomic mass is 10.0. The van der Waals surface area contributed by atoms with Crippen LogP contribution in [0.2, 0.25) is 0 Å². The molecule has 0 aromatic carbocycles. The zero-order valence-corrected chi connectivity index (χ0v) is 16.7. The van der Waals surface area contributed by atoms with Gasteiger partial charge < -0.3 is 10.6 Å². The largest absolute Gasteiger partial charge is 0.315 e. The van der Waals surface area contributed by atoms with Crippen molar-refractivity contribution < 1.29 is 13.0 Å². The molecule has 0 aromatic rings. The number of hydrogen-bond acceptors (Lipinski definition) is 4. The van der Waals surface area contributed by atoms with E-state index < -0.39 is 10.1 Å². The first-order chi connectivity index (χ1) is 11.5. The molecule has 0 spiro atoms. The molecule has 0 heterocycles. The molecule has 0 bridgehead atoms. The topological polar surface area (TPSA) is 78.4 Å². The van der Waals surface area contributed by atoms with Gasteiger partial charge in [0, 0.05) is 19.1 Å². The highest BCUT2D eigenvalue weighted by Crippen LogP contribution is 2.12. The Labute approximate surface area is 150 Å². The molecule has 146 valence electrons. The Balaban J connectivity index is 3.74. The van der Waals surface area contributed by atoms with Gasteiger partial charge in [-0.1, -0.05) is 65.2 Å². The van der Waals surface area contributed by atoms with Gasteiger partial charge in [-0.05, 0) is 25.8 Å². The van der Waals surface area contributed by atoms with E-state index in [9.17, 15) is 8.42 Å². The summed E-state index contributed by atoms with van der Waals surface area (Å²) in [5.41, 5.74) is 0. The highest BCUT2D eigenvalue weighted by Gasteiger charge is 2.07. The highest BCUT2D eigenvalue weighted by atomic mass is 32.2. The van der Waals surface area contributed by atoms with Crippen LogP contribution in [0.5, 0.6) is 0 Å². The van der Waals surface area contributed by atoms with Crippen LogP contribution in [-0.2, 0) is 10.1 Å². The molecule has 0 amide bonds. The Morgan fingerprint density at radius 3 is 2.00 bits per heavy atom. The Kier molecular flexibility index (Phi) is 16.2. The number of rotatable bonds is 18. The summed E-state index contributed by atoms with van der Waals surface area (Å²) in [7, 11) is -3.82. The molecule has 0 rings (SSSR count). The molecule has 0 fully saturated rings. The minimum absolute atomic E-state index is 0.162. The molecule has 1 atom stereocenters. The van der Waals surface area contributed by atoms with Crippen LogP contribution in [0.25, 0.3) is 0 Å². The summed E-state index contributed by atoms with van der Waals surface area (Å²) in [5, 5.41) is 6.87. The summed E-state index contributed by atoms with van der Waals surface area (Å²) in [6.07, 6.45) is 13.5.